The Labute approximate surface area is 157 Å². The van der Waals surface area contributed by atoms with Crippen LogP contribution in [0.3, 0.4) is 0 Å². The van der Waals surface area contributed by atoms with Gasteiger partial charge >= 0.3 is 0 Å². The monoisotopic (exact) mass is 460 g/mol. The summed E-state index contributed by atoms with van der Waals surface area (Å²) in [6, 6.07) is 8.14. The van der Waals surface area contributed by atoms with Gasteiger partial charge in [-0.25, -0.2) is 5.43 Å². The lowest BCUT2D eigenvalue weighted by Gasteiger charge is -2.07. The molecule has 24 heavy (non-hydrogen) atoms. The summed E-state index contributed by atoms with van der Waals surface area (Å²) >= 11 is 8.01. The van der Waals surface area contributed by atoms with E-state index in [1.807, 2.05) is 0 Å². The van der Waals surface area contributed by atoms with Crippen LogP contribution in [-0.2, 0) is 0 Å². The molecule has 2 N–H and O–H groups in total. The number of hydrogen-bond acceptors (Lipinski definition) is 5. The molecule has 126 valence electrons. The van der Waals surface area contributed by atoms with Gasteiger partial charge in [0.25, 0.3) is 5.91 Å². The highest BCUT2D eigenvalue weighted by molar-refractivity contribution is 14.1. The molecule has 0 heterocycles. The van der Waals surface area contributed by atoms with Crippen LogP contribution in [0.4, 0.5) is 0 Å². The molecule has 2 rings (SSSR count). The van der Waals surface area contributed by atoms with Crippen molar-refractivity contribution in [1.82, 2.24) is 5.43 Å². The van der Waals surface area contributed by atoms with Crippen LogP contribution >= 0.6 is 34.2 Å². The van der Waals surface area contributed by atoms with Crippen LogP contribution in [0.15, 0.2) is 35.4 Å². The molecule has 2 aromatic rings. The fourth-order valence-electron chi connectivity index (χ4n) is 1.85. The Morgan fingerprint density at radius 2 is 1.96 bits per heavy atom. The summed E-state index contributed by atoms with van der Waals surface area (Å²) in [5.74, 6) is 0.309. The number of ether oxygens (including phenoxy) is 2. The van der Waals surface area contributed by atoms with E-state index in [2.05, 4.69) is 33.1 Å². The third-order valence-corrected chi connectivity index (χ3v) is 4.24. The van der Waals surface area contributed by atoms with Gasteiger partial charge in [0.05, 0.1) is 29.0 Å². The highest BCUT2D eigenvalue weighted by Crippen LogP contribution is 2.34. The molecule has 0 aromatic heterocycles. The summed E-state index contributed by atoms with van der Waals surface area (Å²) in [5.41, 5.74) is 3.40. The van der Waals surface area contributed by atoms with Gasteiger partial charge in [-0.2, -0.15) is 5.10 Å². The molecule has 0 radical (unpaired) electrons. The van der Waals surface area contributed by atoms with Crippen molar-refractivity contribution in [2.45, 2.75) is 0 Å². The fourth-order valence-corrected chi connectivity index (χ4v) is 2.63. The van der Waals surface area contributed by atoms with Gasteiger partial charge in [0.2, 0.25) is 0 Å². The first kappa shape index (κ1) is 18.3. The molecule has 0 aliphatic rings. The average molecular weight is 461 g/mol. The first-order valence-corrected chi connectivity index (χ1v) is 8.15. The average Bonchev–Trinajstić information content (AvgIpc) is 2.58. The van der Waals surface area contributed by atoms with Crippen LogP contribution in [0, 0.1) is 3.57 Å². The summed E-state index contributed by atoms with van der Waals surface area (Å²) in [6.45, 7) is 0. The van der Waals surface area contributed by atoms with Crippen molar-refractivity contribution in [1.29, 1.82) is 0 Å². The van der Waals surface area contributed by atoms with Crippen LogP contribution < -0.4 is 14.9 Å². The van der Waals surface area contributed by atoms with Crippen molar-refractivity contribution in [2.24, 2.45) is 5.10 Å². The fraction of sp³-hybridized carbons (Fsp3) is 0.125. The molecule has 0 saturated heterocycles. The zero-order valence-electron chi connectivity index (χ0n) is 12.8. The number of phenols is 1. The highest BCUT2D eigenvalue weighted by Gasteiger charge is 2.09. The molecule has 0 spiro atoms. The number of carbonyl (C=O) groups excluding carboxylic acids is 1. The van der Waals surface area contributed by atoms with Gasteiger partial charge in [-0.3, -0.25) is 4.79 Å². The number of hydrogen-bond donors (Lipinski definition) is 2. The number of rotatable bonds is 5. The van der Waals surface area contributed by atoms with Crippen molar-refractivity contribution >= 4 is 46.3 Å². The van der Waals surface area contributed by atoms with E-state index in [4.69, 9.17) is 21.1 Å². The normalized spacial score (nSPS) is 10.7. The molecular formula is C16H14ClIN2O4. The number of amides is 1. The minimum absolute atomic E-state index is 0.129. The van der Waals surface area contributed by atoms with Crippen LogP contribution in [0.1, 0.15) is 15.9 Å². The van der Waals surface area contributed by atoms with Crippen LogP contribution in [0.25, 0.3) is 0 Å². The second-order valence-corrected chi connectivity index (χ2v) is 6.17. The second kappa shape index (κ2) is 8.20. The van der Waals surface area contributed by atoms with Crippen molar-refractivity contribution < 1.29 is 19.4 Å². The summed E-state index contributed by atoms with van der Waals surface area (Å²) in [6.07, 6.45) is 1.40. The van der Waals surface area contributed by atoms with Gasteiger partial charge in [-0.1, -0.05) is 11.6 Å². The summed E-state index contributed by atoms with van der Waals surface area (Å²) < 4.78 is 11.1. The molecule has 0 aliphatic carbocycles. The topological polar surface area (TPSA) is 80.2 Å². The molecule has 0 fully saturated rings. The van der Waals surface area contributed by atoms with Crippen LogP contribution in [0.5, 0.6) is 17.2 Å². The molecule has 0 saturated carbocycles. The number of nitrogens with one attached hydrogen (secondary N) is 1. The quantitative estimate of drug-likeness (QED) is 0.407. The number of aromatic hydroxyl groups is 1. The predicted molar refractivity (Wildman–Crippen MR) is 100 cm³/mol. The third-order valence-electron chi connectivity index (χ3n) is 3.06. The Hall–Kier alpha value is -2.00. The minimum atomic E-state index is -0.377. The number of hydrazone groups is 1. The van der Waals surface area contributed by atoms with Crippen molar-refractivity contribution in [3.8, 4) is 17.2 Å². The maximum atomic E-state index is 12.1. The Morgan fingerprint density at radius 1 is 1.25 bits per heavy atom. The lowest BCUT2D eigenvalue weighted by atomic mass is 10.2. The van der Waals surface area contributed by atoms with Gasteiger partial charge in [0.1, 0.15) is 5.75 Å². The van der Waals surface area contributed by atoms with E-state index in [1.165, 1.54) is 19.4 Å². The molecule has 8 heteroatoms. The smallest absolute Gasteiger partial charge is 0.271 e. The standard InChI is InChI=1S/C16H14ClIN2O4/c1-23-13-7-10(3-4-12(13)18)16(22)20-19-8-9-5-11(17)15(21)14(6-9)24-2/h3-8,21H,1-2H3,(H,20,22)/b19-8+. The van der Waals surface area contributed by atoms with Crippen molar-refractivity contribution in [3.05, 3.63) is 50.1 Å². The van der Waals surface area contributed by atoms with E-state index >= 15 is 0 Å². The second-order valence-electron chi connectivity index (χ2n) is 4.60. The maximum Gasteiger partial charge on any atom is 0.271 e. The largest absolute Gasteiger partial charge is 0.503 e. The first-order valence-electron chi connectivity index (χ1n) is 6.69. The Balaban J connectivity index is 2.11. The molecule has 0 unspecified atom stereocenters. The van der Waals surface area contributed by atoms with Crippen molar-refractivity contribution in [3.63, 3.8) is 0 Å². The zero-order chi connectivity index (χ0) is 17.7. The Morgan fingerprint density at radius 3 is 2.62 bits per heavy atom. The Kier molecular flexibility index (Phi) is 6.27. The molecule has 0 bridgehead atoms. The number of methoxy groups -OCH3 is 2. The van der Waals surface area contributed by atoms with E-state index < -0.39 is 0 Å². The number of benzene rings is 2. The van der Waals surface area contributed by atoms with Gasteiger partial charge in [0.15, 0.2) is 11.5 Å². The number of halogens is 2. The molecule has 1 amide bonds. The molecule has 0 aliphatic heterocycles. The van der Waals surface area contributed by atoms with Crippen LogP contribution in [-0.4, -0.2) is 31.4 Å². The number of phenolic OH excluding ortho intramolecular Hbond substituents is 1. The predicted octanol–water partition coefficient (Wildman–Crippen LogP) is 3.43. The minimum Gasteiger partial charge on any atom is -0.503 e. The molecule has 2 aromatic carbocycles. The van der Waals surface area contributed by atoms with Crippen LogP contribution in [0.2, 0.25) is 5.02 Å². The van der Waals surface area contributed by atoms with E-state index in [-0.39, 0.29) is 22.4 Å². The maximum absolute atomic E-state index is 12.1. The van der Waals surface area contributed by atoms with Gasteiger partial charge in [-0.05, 0) is 58.5 Å². The number of nitrogens with zero attached hydrogens (tertiary/aromatic N) is 1. The van der Waals surface area contributed by atoms with Crippen molar-refractivity contribution in [2.75, 3.05) is 14.2 Å². The van der Waals surface area contributed by atoms with Gasteiger partial charge in [0, 0.05) is 5.56 Å². The third kappa shape index (κ3) is 4.30. The van der Waals surface area contributed by atoms with Gasteiger partial charge in [-0.15, -0.1) is 0 Å². The Bertz CT molecular complexity index is 796. The molecular weight excluding hydrogens is 447 g/mol. The van der Waals surface area contributed by atoms with E-state index in [9.17, 15) is 9.90 Å². The SMILES string of the molecule is COc1cc(C(=O)N/N=C/c2cc(Cl)c(O)c(OC)c2)ccc1I. The first-order chi connectivity index (χ1) is 11.5. The number of carbonyl (C=O) groups is 1. The van der Waals surface area contributed by atoms with E-state index in [1.54, 1.807) is 31.4 Å². The summed E-state index contributed by atoms with van der Waals surface area (Å²) in [5, 5.41) is 13.7. The highest BCUT2D eigenvalue weighted by atomic mass is 127. The molecule has 0 atom stereocenters. The summed E-state index contributed by atoms with van der Waals surface area (Å²) in [7, 11) is 2.96. The van der Waals surface area contributed by atoms with E-state index in [0.717, 1.165) is 3.57 Å². The molecule has 6 nitrogen and oxygen atoms in total. The van der Waals surface area contributed by atoms with E-state index in [0.29, 0.717) is 16.9 Å². The summed E-state index contributed by atoms with van der Waals surface area (Å²) in [4.78, 5) is 12.1. The lowest BCUT2D eigenvalue weighted by molar-refractivity contribution is 0.0954. The lowest BCUT2D eigenvalue weighted by Crippen LogP contribution is -2.17. The van der Waals surface area contributed by atoms with Gasteiger partial charge < -0.3 is 14.6 Å². The zero-order valence-corrected chi connectivity index (χ0v) is 15.8.